The molecule has 2 rings (SSSR count). The van der Waals surface area contributed by atoms with Crippen LogP contribution in [0.15, 0.2) is 24.3 Å². The number of hydrogen-bond acceptors (Lipinski definition) is 4. The van der Waals surface area contributed by atoms with Crippen LogP contribution >= 0.6 is 0 Å². The van der Waals surface area contributed by atoms with Gasteiger partial charge in [-0.1, -0.05) is 12.1 Å². The lowest BCUT2D eigenvalue weighted by atomic mass is 9.87. The number of piperidine rings is 1. The van der Waals surface area contributed by atoms with Gasteiger partial charge in [-0.25, -0.2) is 4.39 Å². The van der Waals surface area contributed by atoms with Gasteiger partial charge in [-0.15, -0.1) is 0 Å². The molecule has 24 heavy (non-hydrogen) atoms. The Hall–Kier alpha value is -1.50. The molecule has 1 unspecified atom stereocenters. The molecule has 1 aliphatic heterocycles. The third-order valence-electron chi connectivity index (χ3n) is 4.43. The summed E-state index contributed by atoms with van der Waals surface area (Å²) in [5, 5.41) is 13.3. The first-order valence-corrected chi connectivity index (χ1v) is 8.60. The van der Waals surface area contributed by atoms with Crippen LogP contribution in [-0.4, -0.2) is 55.3 Å². The van der Waals surface area contributed by atoms with Crippen LogP contribution in [0.4, 0.5) is 4.39 Å². The quantitative estimate of drug-likeness (QED) is 0.709. The van der Waals surface area contributed by atoms with Gasteiger partial charge in [0.25, 0.3) is 0 Å². The molecule has 6 heteroatoms. The third kappa shape index (κ3) is 5.85. The average molecular weight is 338 g/mol. The van der Waals surface area contributed by atoms with Crippen molar-refractivity contribution in [3.63, 3.8) is 0 Å². The summed E-state index contributed by atoms with van der Waals surface area (Å²) in [5.74, 6) is -0.143. The molecule has 1 atom stereocenters. The number of amides is 1. The van der Waals surface area contributed by atoms with Gasteiger partial charge in [-0.2, -0.15) is 0 Å². The molecule has 0 bridgehead atoms. The fraction of sp³-hybridized carbons (Fsp3) is 0.611. The van der Waals surface area contributed by atoms with Crippen molar-refractivity contribution in [1.82, 2.24) is 10.2 Å². The van der Waals surface area contributed by atoms with Gasteiger partial charge in [-0.3, -0.25) is 9.69 Å². The van der Waals surface area contributed by atoms with Gasteiger partial charge < -0.3 is 15.2 Å². The molecule has 0 aromatic heterocycles. The van der Waals surface area contributed by atoms with Crippen LogP contribution in [0.5, 0.6) is 0 Å². The molecule has 1 saturated heterocycles. The number of likely N-dealkylation sites (tertiary alicyclic amines) is 1. The molecule has 1 fully saturated rings. The number of nitrogens with zero attached hydrogens (tertiary/aromatic N) is 1. The van der Waals surface area contributed by atoms with Gasteiger partial charge in [0.05, 0.1) is 19.3 Å². The minimum Gasteiger partial charge on any atom is -0.388 e. The Labute approximate surface area is 142 Å². The van der Waals surface area contributed by atoms with Gasteiger partial charge in [0, 0.05) is 13.2 Å². The Kier molecular flexibility index (Phi) is 7.62. The largest absolute Gasteiger partial charge is 0.388 e. The maximum absolute atomic E-state index is 13.0. The highest BCUT2D eigenvalue weighted by Crippen LogP contribution is 2.30. The van der Waals surface area contributed by atoms with Crippen molar-refractivity contribution in [3.05, 3.63) is 35.6 Å². The lowest BCUT2D eigenvalue weighted by Crippen LogP contribution is -2.43. The summed E-state index contributed by atoms with van der Waals surface area (Å²) in [6.07, 6.45) is 1.07. The highest BCUT2D eigenvalue weighted by atomic mass is 19.1. The molecular weight excluding hydrogens is 311 g/mol. The molecule has 1 amide bonds. The van der Waals surface area contributed by atoms with Gasteiger partial charge in [0.2, 0.25) is 5.91 Å². The number of nitrogens with one attached hydrogen (secondary N) is 1. The molecule has 2 N–H and O–H groups in total. The monoisotopic (exact) mass is 338 g/mol. The minimum absolute atomic E-state index is 0.00670. The van der Waals surface area contributed by atoms with E-state index in [4.69, 9.17) is 4.74 Å². The Balaban J connectivity index is 1.71. The van der Waals surface area contributed by atoms with Crippen LogP contribution in [0.3, 0.4) is 0 Å². The highest BCUT2D eigenvalue weighted by molar-refractivity contribution is 5.77. The van der Waals surface area contributed by atoms with Crippen LogP contribution in [0.25, 0.3) is 0 Å². The second-order valence-electron chi connectivity index (χ2n) is 6.16. The van der Waals surface area contributed by atoms with Crippen molar-refractivity contribution in [2.45, 2.75) is 25.9 Å². The fourth-order valence-corrected chi connectivity index (χ4v) is 3.02. The normalized spacial score (nSPS) is 17.6. The number of carbonyl (C=O) groups excluding carboxylic acids is 1. The van der Waals surface area contributed by atoms with E-state index in [0.29, 0.717) is 26.3 Å². The number of hydrogen-bond donors (Lipinski definition) is 2. The minimum atomic E-state index is -0.576. The van der Waals surface area contributed by atoms with E-state index in [9.17, 15) is 14.3 Å². The van der Waals surface area contributed by atoms with Crippen LogP contribution in [0.2, 0.25) is 0 Å². The van der Waals surface area contributed by atoms with Gasteiger partial charge >= 0.3 is 0 Å². The summed E-state index contributed by atoms with van der Waals surface area (Å²) < 4.78 is 18.1. The number of aliphatic hydroxyl groups excluding tert-OH is 1. The first-order valence-electron chi connectivity index (χ1n) is 8.60. The molecule has 5 nitrogen and oxygen atoms in total. The van der Waals surface area contributed by atoms with Crippen LogP contribution in [0.1, 0.15) is 31.4 Å². The Morgan fingerprint density at radius 3 is 2.67 bits per heavy atom. The zero-order chi connectivity index (χ0) is 17.4. The standard InChI is InChI=1S/C18H27FN2O3/c1-2-24-12-9-20-17(22)13-21-10-7-15(8-11-21)18(23)14-3-5-16(19)6-4-14/h3-6,15,18,23H,2,7-13H2,1H3,(H,20,22). The molecule has 0 spiro atoms. The van der Waals surface area contributed by atoms with E-state index < -0.39 is 6.10 Å². The van der Waals surface area contributed by atoms with Crippen molar-refractivity contribution in [1.29, 1.82) is 0 Å². The van der Waals surface area contributed by atoms with E-state index >= 15 is 0 Å². The van der Waals surface area contributed by atoms with E-state index in [1.54, 1.807) is 12.1 Å². The highest BCUT2D eigenvalue weighted by Gasteiger charge is 2.26. The molecule has 1 aliphatic rings. The van der Waals surface area contributed by atoms with Crippen molar-refractivity contribution < 1.29 is 19.0 Å². The zero-order valence-electron chi connectivity index (χ0n) is 14.2. The number of carbonyl (C=O) groups is 1. The summed E-state index contributed by atoms with van der Waals surface area (Å²) in [6.45, 7) is 5.59. The van der Waals surface area contributed by atoms with Crippen LogP contribution in [-0.2, 0) is 9.53 Å². The predicted molar refractivity (Wildman–Crippen MR) is 90.0 cm³/mol. The predicted octanol–water partition coefficient (Wildman–Crippen LogP) is 1.72. The lowest BCUT2D eigenvalue weighted by molar-refractivity contribution is -0.122. The number of aliphatic hydroxyl groups is 1. The second kappa shape index (κ2) is 9.71. The molecular formula is C18H27FN2O3. The van der Waals surface area contributed by atoms with Crippen molar-refractivity contribution in [2.75, 3.05) is 39.4 Å². The molecule has 134 valence electrons. The third-order valence-corrected chi connectivity index (χ3v) is 4.43. The summed E-state index contributed by atoms with van der Waals surface area (Å²) in [6, 6.07) is 6.02. The smallest absolute Gasteiger partial charge is 0.234 e. The average Bonchev–Trinajstić information content (AvgIpc) is 2.59. The molecule has 0 radical (unpaired) electrons. The molecule has 0 aliphatic carbocycles. The summed E-state index contributed by atoms with van der Waals surface area (Å²) in [5.41, 5.74) is 0.753. The second-order valence-corrected chi connectivity index (χ2v) is 6.16. The maximum atomic E-state index is 13.0. The topological polar surface area (TPSA) is 61.8 Å². The number of halogens is 1. The van der Waals surface area contributed by atoms with Crippen molar-refractivity contribution in [3.8, 4) is 0 Å². The molecule has 0 saturated carbocycles. The van der Waals surface area contributed by atoms with E-state index in [2.05, 4.69) is 10.2 Å². The van der Waals surface area contributed by atoms with Crippen molar-refractivity contribution >= 4 is 5.91 Å². The van der Waals surface area contributed by atoms with Crippen LogP contribution < -0.4 is 5.32 Å². The van der Waals surface area contributed by atoms with E-state index in [0.717, 1.165) is 31.5 Å². The maximum Gasteiger partial charge on any atom is 0.234 e. The Morgan fingerprint density at radius 2 is 2.04 bits per heavy atom. The van der Waals surface area contributed by atoms with Crippen LogP contribution in [0, 0.1) is 11.7 Å². The molecule has 1 aromatic carbocycles. The summed E-state index contributed by atoms with van der Waals surface area (Å²) >= 11 is 0. The molecule has 1 aromatic rings. The number of benzene rings is 1. The van der Waals surface area contributed by atoms with E-state index in [1.807, 2.05) is 6.92 Å². The number of ether oxygens (including phenoxy) is 1. The van der Waals surface area contributed by atoms with E-state index in [-0.39, 0.29) is 17.6 Å². The molecule has 1 heterocycles. The first kappa shape index (κ1) is 18.8. The first-order chi connectivity index (χ1) is 11.6. The summed E-state index contributed by atoms with van der Waals surface area (Å²) in [4.78, 5) is 14.0. The zero-order valence-corrected chi connectivity index (χ0v) is 14.2. The van der Waals surface area contributed by atoms with Gasteiger partial charge in [-0.05, 0) is 56.5 Å². The Bertz CT molecular complexity index is 501. The lowest BCUT2D eigenvalue weighted by Gasteiger charge is -2.34. The fourth-order valence-electron chi connectivity index (χ4n) is 3.02. The number of rotatable bonds is 8. The van der Waals surface area contributed by atoms with E-state index in [1.165, 1.54) is 12.1 Å². The van der Waals surface area contributed by atoms with Gasteiger partial charge in [0.1, 0.15) is 5.82 Å². The Morgan fingerprint density at radius 1 is 1.38 bits per heavy atom. The summed E-state index contributed by atoms with van der Waals surface area (Å²) in [7, 11) is 0. The van der Waals surface area contributed by atoms with Crippen molar-refractivity contribution in [2.24, 2.45) is 5.92 Å². The van der Waals surface area contributed by atoms with Gasteiger partial charge in [0.15, 0.2) is 0 Å². The SMILES string of the molecule is CCOCCNC(=O)CN1CCC(C(O)c2ccc(F)cc2)CC1.